The number of hydrogen-bond acceptors (Lipinski definition) is 7. The van der Waals surface area contributed by atoms with E-state index in [0.717, 1.165) is 22.4 Å². The first-order chi connectivity index (χ1) is 13.1. The van der Waals surface area contributed by atoms with Gasteiger partial charge >= 0.3 is 5.97 Å². The fourth-order valence-electron chi connectivity index (χ4n) is 2.77. The van der Waals surface area contributed by atoms with Crippen molar-refractivity contribution in [1.82, 2.24) is 4.37 Å². The summed E-state index contributed by atoms with van der Waals surface area (Å²) < 4.78 is 25.5. The smallest absolute Gasteiger partial charge is 0.337 e. The third kappa shape index (κ3) is 3.59. The molecule has 0 saturated carbocycles. The summed E-state index contributed by atoms with van der Waals surface area (Å²) in [6, 6.07) is 10.9. The van der Waals surface area contributed by atoms with E-state index in [2.05, 4.69) is 4.37 Å². The van der Waals surface area contributed by atoms with Gasteiger partial charge in [0.05, 0.1) is 39.7 Å². The van der Waals surface area contributed by atoms with Crippen LogP contribution in [0.4, 0.5) is 0 Å². The molecule has 3 aromatic rings. The summed E-state index contributed by atoms with van der Waals surface area (Å²) in [7, 11) is 6.09. The molecule has 0 N–H and O–H groups in total. The van der Waals surface area contributed by atoms with E-state index in [1.807, 2.05) is 29.6 Å². The van der Waals surface area contributed by atoms with Gasteiger partial charge in [0.15, 0.2) is 11.5 Å². The van der Waals surface area contributed by atoms with Crippen molar-refractivity contribution in [1.29, 1.82) is 0 Å². The Balaban J connectivity index is 2.06. The maximum absolute atomic E-state index is 11.6. The number of rotatable bonds is 6. The predicted molar refractivity (Wildman–Crippen MR) is 104 cm³/mol. The van der Waals surface area contributed by atoms with Crippen molar-refractivity contribution in [3.8, 4) is 39.6 Å². The molecule has 0 aliphatic heterocycles. The van der Waals surface area contributed by atoms with Crippen molar-refractivity contribution in [2.45, 2.75) is 0 Å². The molecule has 0 bridgehead atoms. The lowest BCUT2D eigenvalue weighted by atomic mass is 10.0. The summed E-state index contributed by atoms with van der Waals surface area (Å²) in [5.41, 5.74) is 4.03. The molecule has 3 rings (SSSR count). The number of esters is 1. The Labute approximate surface area is 161 Å². The van der Waals surface area contributed by atoms with Gasteiger partial charge in [0.1, 0.15) is 0 Å². The number of carbonyl (C=O) groups excluding carboxylic acids is 1. The summed E-state index contributed by atoms with van der Waals surface area (Å²) in [5, 5.41) is 1.96. The van der Waals surface area contributed by atoms with E-state index in [0.29, 0.717) is 22.8 Å². The Hall–Kier alpha value is -3.06. The molecule has 0 amide bonds. The molecule has 27 heavy (non-hydrogen) atoms. The van der Waals surface area contributed by atoms with Gasteiger partial charge in [-0.3, -0.25) is 0 Å². The van der Waals surface area contributed by atoms with E-state index in [-0.39, 0.29) is 5.97 Å². The van der Waals surface area contributed by atoms with Gasteiger partial charge in [-0.2, -0.15) is 4.37 Å². The van der Waals surface area contributed by atoms with Gasteiger partial charge in [0.25, 0.3) is 0 Å². The van der Waals surface area contributed by atoms with Crippen molar-refractivity contribution in [3.05, 3.63) is 47.3 Å². The summed E-state index contributed by atoms with van der Waals surface area (Å²) in [5.74, 6) is 1.29. The van der Waals surface area contributed by atoms with Crippen molar-refractivity contribution >= 4 is 17.5 Å². The monoisotopic (exact) mass is 385 g/mol. The van der Waals surface area contributed by atoms with Crippen LogP contribution in [-0.4, -0.2) is 38.8 Å². The molecule has 0 aliphatic rings. The molecule has 7 heteroatoms. The molecule has 0 unspecified atom stereocenters. The van der Waals surface area contributed by atoms with Crippen LogP contribution < -0.4 is 14.2 Å². The molecule has 0 aliphatic carbocycles. The van der Waals surface area contributed by atoms with Crippen LogP contribution in [0.2, 0.25) is 0 Å². The minimum Gasteiger partial charge on any atom is -0.493 e. The maximum Gasteiger partial charge on any atom is 0.337 e. The average Bonchev–Trinajstić information content (AvgIpc) is 3.21. The highest BCUT2D eigenvalue weighted by molar-refractivity contribution is 7.04. The number of hydrogen-bond donors (Lipinski definition) is 0. The minimum atomic E-state index is -0.366. The quantitative estimate of drug-likeness (QED) is 0.590. The van der Waals surface area contributed by atoms with Crippen molar-refractivity contribution in [2.75, 3.05) is 28.4 Å². The molecule has 6 nitrogen and oxygen atoms in total. The Morgan fingerprint density at radius 2 is 1.52 bits per heavy atom. The lowest BCUT2D eigenvalue weighted by molar-refractivity contribution is 0.0601. The molecule has 0 saturated heterocycles. The Kier molecular flexibility index (Phi) is 5.61. The molecular weight excluding hydrogens is 366 g/mol. The van der Waals surface area contributed by atoms with Gasteiger partial charge in [-0.05, 0) is 41.4 Å². The minimum absolute atomic E-state index is 0.366. The molecule has 1 aromatic heterocycles. The lowest BCUT2D eigenvalue weighted by Gasteiger charge is -2.14. The van der Waals surface area contributed by atoms with Crippen molar-refractivity contribution in [3.63, 3.8) is 0 Å². The zero-order valence-corrected chi connectivity index (χ0v) is 16.3. The largest absolute Gasteiger partial charge is 0.493 e. The first-order valence-electron chi connectivity index (χ1n) is 8.06. The Bertz CT molecular complexity index is 924. The van der Waals surface area contributed by atoms with Crippen LogP contribution in [0, 0.1) is 0 Å². The fraction of sp³-hybridized carbons (Fsp3) is 0.200. The molecular formula is C20H19NO5S. The van der Waals surface area contributed by atoms with Gasteiger partial charge in [0, 0.05) is 16.5 Å². The number of aromatic nitrogens is 1. The maximum atomic E-state index is 11.6. The molecule has 140 valence electrons. The standard InChI is InChI=1S/C20H19NO5S/c1-23-16-9-14(10-17(24-2)19(16)25-3)18-15(11-27-21-18)12-5-7-13(8-6-12)20(22)26-4/h5-11H,1-4H3. The Morgan fingerprint density at radius 1 is 0.889 bits per heavy atom. The number of methoxy groups -OCH3 is 4. The number of ether oxygens (including phenoxy) is 4. The highest BCUT2D eigenvalue weighted by Crippen LogP contribution is 2.43. The molecule has 0 fully saturated rings. The van der Waals surface area contributed by atoms with E-state index in [1.54, 1.807) is 33.5 Å². The van der Waals surface area contributed by atoms with Crippen LogP contribution in [0.3, 0.4) is 0 Å². The zero-order chi connectivity index (χ0) is 19.4. The van der Waals surface area contributed by atoms with Crippen molar-refractivity contribution < 1.29 is 23.7 Å². The van der Waals surface area contributed by atoms with E-state index in [4.69, 9.17) is 18.9 Å². The van der Waals surface area contributed by atoms with E-state index in [1.165, 1.54) is 18.6 Å². The number of carbonyl (C=O) groups is 1. The molecule has 0 radical (unpaired) electrons. The van der Waals surface area contributed by atoms with Gasteiger partial charge in [-0.25, -0.2) is 4.79 Å². The fourth-order valence-corrected chi connectivity index (χ4v) is 3.49. The Morgan fingerprint density at radius 3 is 2.04 bits per heavy atom. The van der Waals surface area contributed by atoms with E-state index >= 15 is 0 Å². The van der Waals surface area contributed by atoms with Crippen molar-refractivity contribution in [2.24, 2.45) is 0 Å². The predicted octanol–water partition coefficient (Wildman–Crippen LogP) is 4.29. The first-order valence-corrected chi connectivity index (χ1v) is 8.90. The SMILES string of the molecule is COC(=O)c1ccc(-c2csnc2-c2cc(OC)c(OC)c(OC)c2)cc1. The second-order valence-electron chi connectivity index (χ2n) is 5.56. The van der Waals surface area contributed by atoms with Crippen LogP contribution in [-0.2, 0) is 4.74 Å². The van der Waals surface area contributed by atoms with Crippen LogP contribution >= 0.6 is 11.5 Å². The van der Waals surface area contributed by atoms with Gasteiger partial charge in [-0.15, -0.1) is 0 Å². The lowest BCUT2D eigenvalue weighted by Crippen LogP contribution is -2.00. The van der Waals surface area contributed by atoms with Gasteiger partial charge < -0.3 is 18.9 Å². The normalized spacial score (nSPS) is 10.4. The van der Waals surface area contributed by atoms with Gasteiger partial charge in [0.2, 0.25) is 5.75 Å². The molecule has 1 heterocycles. The first kappa shape index (κ1) is 18.7. The zero-order valence-electron chi connectivity index (χ0n) is 15.4. The highest BCUT2D eigenvalue weighted by Gasteiger charge is 2.18. The summed E-state index contributed by atoms with van der Waals surface area (Å²) in [4.78, 5) is 11.6. The molecule has 0 spiro atoms. The van der Waals surface area contributed by atoms with Crippen LogP contribution in [0.25, 0.3) is 22.4 Å². The van der Waals surface area contributed by atoms with Crippen LogP contribution in [0.1, 0.15) is 10.4 Å². The van der Waals surface area contributed by atoms with Crippen LogP contribution in [0.15, 0.2) is 41.8 Å². The van der Waals surface area contributed by atoms with E-state index < -0.39 is 0 Å². The third-order valence-electron chi connectivity index (χ3n) is 4.12. The van der Waals surface area contributed by atoms with Gasteiger partial charge in [-0.1, -0.05) is 12.1 Å². The van der Waals surface area contributed by atoms with E-state index in [9.17, 15) is 4.79 Å². The second-order valence-corrected chi connectivity index (χ2v) is 6.19. The number of nitrogens with zero attached hydrogens (tertiary/aromatic N) is 1. The molecule has 0 atom stereocenters. The highest BCUT2D eigenvalue weighted by atomic mass is 32.1. The average molecular weight is 385 g/mol. The second kappa shape index (κ2) is 8.09. The summed E-state index contributed by atoms with van der Waals surface area (Å²) in [6.07, 6.45) is 0. The van der Waals surface area contributed by atoms with Crippen LogP contribution in [0.5, 0.6) is 17.2 Å². The summed E-state index contributed by atoms with van der Waals surface area (Å²) >= 11 is 1.35. The topological polar surface area (TPSA) is 66.9 Å². The molecule has 2 aromatic carbocycles. The third-order valence-corrected chi connectivity index (χ3v) is 4.75. The summed E-state index contributed by atoms with van der Waals surface area (Å²) in [6.45, 7) is 0. The number of benzene rings is 2.